The molecule has 1 atom stereocenters. The highest BCUT2D eigenvalue weighted by atomic mass is 16.7. The highest BCUT2D eigenvalue weighted by Gasteiger charge is 2.33. The average molecular weight is 511 g/mol. The Morgan fingerprint density at radius 3 is 1.83 bits per heavy atom. The molecule has 0 radical (unpaired) electrons. The maximum absolute atomic E-state index is 12.6. The SMILES string of the molecule is CCCCCCCCCCCCCC(=O)N[C@@H](CCC(=O)ON1C(=O)CCC1=O)C(=O)OC(C)(C)C. The summed E-state index contributed by atoms with van der Waals surface area (Å²) < 4.78 is 5.39. The van der Waals surface area contributed by atoms with Gasteiger partial charge in [-0.1, -0.05) is 71.1 Å². The Balaban J connectivity index is 2.38. The van der Waals surface area contributed by atoms with Crippen molar-refractivity contribution >= 4 is 29.7 Å². The molecule has 1 saturated heterocycles. The molecule has 1 heterocycles. The lowest BCUT2D eigenvalue weighted by Gasteiger charge is -2.24. The molecule has 1 rings (SSSR count). The number of imide groups is 1. The summed E-state index contributed by atoms with van der Waals surface area (Å²) in [5.74, 6) is -2.89. The largest absolute Gasteiger partial charge is 0.458 e. The molecule has 36 heavy (non-hydrogen) atoms. The van der Waals surface area contributed by atoms with Crippen molar-refractivity contribution in [3.63, 3.8) is 0 Å². The van der Waals surface area contributed by atoms with Gasteiger partial charge in [-0.25, -0.2) is 9.59 Å². The number of ether oxygens (including phenoxy) is 1. The quantitative estimate of drug-likeness (QED) is 0.158. The molecule has 9 heteroatoms. The van der Waals surface area contributed by atoms with Crippen molar-refractivity contribution in [3.05, 3.63) is 0 Å². The molecule has 1 N–H and O–H groups in total. The van der Waals surface area contributed by atoms with Crippen LogP contribution >= 0.6 is 0 Å². The molecule has 0 aliphatic carbocycles. The number of nitrogens with one attached hydrogen (secondary N) is 1. The molecule has 0 aromatic carbocycles. The van der Waals surface area contributed by atoms with Crippen LogP contribution in [0, 0.1) is 0 Å². The van der Waals surface area contributed by atoms with E-state index in [1.807, 2.05) is 0 Å². The number of nitrogens with zero attached hydrogens (tertiary/aromatic N) is 1. The minimum Gasteiger partial charge on any atom is -0.458 e. The van der Waals surface area contributed by atoms with Gasteiger partial charge in [0.2, 0.25) is 5.91 Å². The van der Waals surface area contributed by atoms with Gasteiger partial charge in [-0.15, -0.1) is 5.06 Å². The zero-order chi connectivity index (χ0) is 27.0. The molecule has 0 aromatic heterocycles. The number of carbonyl (C=O) groups excluding carboxylic acids is 5. The summed E-state index contributed by atoms with van der Waals surface area (Å²) in [5.41, 5.74) is -0.759. The van der Waals surface area contributed by atoms with Crippen molar-refractivity contribution in [2.45, 2.75) is 142 Å². The third-order valence-corrected chi connectivity index (χ3v) is 5.87. The molecule has 3 amide bonds. The summed E-state index contributed by atoms with van der Waals surface area (Å²) >= 11 is 0. The van der Waals surface area contributed by atoms with Crippen LogP contribution in [0.15, 0.2) is 0 Å². The second kappa shape index (κ2) is 17.1. The van der Waals surface area contributed by atoms with E-state index in [0.717, 1.165) is 19.3 Å². The smallest absolute Gasteiger partial charge is 0.333 e. The highest BCUT2D eigenvalue weighted by molar-refractivity contribution is 6.01. The van der Waals surface area contributed by atoms with E-state index in [1.54, 1.807) is 20.8 Å². The average Bonchev–Trinajstić information content (AvgIpc) is 3.11. The summed E-state index contributed by atoms with van der Waals surface area (Å²) in [6.45, 7) is 7.37. The van der Waals surface area contributed by atoms with Gasteiger partial charge in [0.05, 0.1) is 6.42 Å². The van der Waals surface area contributed by atoms with Crippen molar-refractivity contribution in [2.24, 2.45) is 0 Å². The number of esters is 1. The molecule has 0 saturated carbocycles. The first kappa shape index (κ1) is 31.6. The van der Waals surface area contributed by atoms with E-state index >= 15 is 0 Å². The van der Waals surface area contributed by atoms with E-state index in [4.69, 9.17) is 9.57 Å². The lowest BCUT2D eigenvalue weighted by atomic mass is 10.0. The zero-order valence-corrected chi connectivity index (χ0v) is 22.7. The maximum atomic E-state index is 12.6. The van der Waals surface area contributed by atoms with E-state index in [0.29, 0.717) is 5.06 Å². The number of carbonyl (C=O) groups is 5. The van der Waals surface area contributed by atoms with E-state index in [2.05, 4.69) is 12.2 Å². The van der Waals surface area contributed by atoms with Gasteiger partial charge < -0.3 is 14.9 Å². The lowest BCUT2D eigenvalue weighted by molar-refractivity contribution is -0.197. The summed E-state index contributed by atoms with van der Waals surface area (Å²) in [7, 11) is 0. The molecule has 0 aromatic rings. The Morgan fingerprint density at radius 1 is 0.833 bits per heavy atom. The van der Waals surface area contributed by atoms with Crippen LogP contribution < -0.4 is 5.32 Å². The fraction of sp³-hybridized carbons (Fsp3) is 0.815. The van der Waals surface area contributed by atoms with Crippen LogP contribution in [0.3, 0.4) is 0 Å². The highest BCUT2D eigenvalue weighted by Crippen LogP contribution is 2.16. The number of amides is 3. The topological polar surface area (TPSA) is 119 Å². The van der Waals surface area contributed by atoms with Gasteiger partial charge in [0, 0.05) is 19.3 Å². The van der Waals surface area contributed by atoms with Gasteiger partial charge in [0.1, 0.15) is 11.6 Å². The molecular formula is C27H46N2O7. The van der Waals surface area contributed by atoms with Crippen LogP contribution in [0.25, 0.3) is 0 Å². The molecule has 0 bridgehead atoms. The minimum atomic E-state index is -1.03. The van der Waals surface area contributed by atoms with Crippen molar-refractivity contribution in [1.29, 1.82) is 0 Å². The Labute approximate surface area is 216 Å². The predicted molar refractivity (Wildman–Crippen MR) is 135 cm³/mol. The van der Waals surface area contributed by atoms with E-state index in [-0.39, 0.29) is 38.0 Å². The molecule has 1 aliphatic heterocycles. The Morgan fingerprint density at radius 2 is 1.33 bits per heavy atom. The van der Waals surface area contributed by atoms with Gasteiger partial charge in [0.15, 0.2) is 0 Å². The van der Waals surface area contributed by atoms with E-state index in [1.165, 1.54) is 51.4 Å². The lowest BCUT2D eigenvalue weighted by Crippen LogP contribution is -2.44. The molecule has 206 valence electrons. The predicted octanol–water partition coefficient (Wildman–Crippen LogP) is 4.90. The molecular weight excluding hydrogens is 464 g/mol. The molecule has 1 fully saturated rings. The van der Waals surface area contributed by atoms with Gasteiger partial charge in [0.25, 0.3) is 11.8 Å². The molecule has 9 nitrogen and oxygen atoms in total. The minimum absolute atomic E-state index is 0.00174. The number of unbranched alkanes of at least 4 members (excludes halogenated alkanes) is 10. The van der Waals surface area contributed by atoms with Crippen LogP contribution in [-0.4, -0.2) is 46.4 Å². The molecule has 0 spiro atoms. The number of rotatable bonds is 18. The van der Waals surface area contributed by atoms with Gasteiger partial charge in [-0.05, 0) is 33.6 Å². The summed E-state index contributed by atoms with van der Waals surface area (Å²) in [4.78, 5) is 65.3. The Hall–Kier alpha value is -2.45. The third-order valence-electron chi connectivity index (χ3n) is 5.87. The van der Waals surface area contributed by atoms with Crippen LogP contribution in [-0.2, 0) is 33.5 Å². The van der Waals surface area contributed by atoms with Gasteiger partial charge in [-0.3, -0.25) is 14.4 Å². The maximum Gasteiger partial charge on any atom is 0.333 e. The second-order valence-electron chi connectivity index (χ2n) is 10.5. The fourth-order valence-electron chi connectivity index (χ4n) is 3.91. The normalized spacial score (nSPS) is 14.6. The number of hydroxylamine groups is 2. The molecule has 1 aliphatic rings. The van der Waals surface area contributed by atoms with Crippen molar-refractivity contribution in [2.75, 3.05) is 0 Å². The Bertz CT molecular complexity index is 714. The monoisotopic (exact) mass is 510 g/mol. The van der Waals surface area contributed by atoms with E-state index in [9.17, 15) is 24.0 Å². The summed E-state index contributed by atoms with van der Waals surface area (Å²) in [5, 5.41) is 3.14. The Kier molecular flexibility index (Phi) is 15.0. The third kappa shape index (κ3) is 14.2. The van der Waals surface area contributed by atoms with Gasteiger partial charge >= 0.3 is 11.9 Å². The summed E-state index contributed by atoms with van der Waals surface area (Å²) in [6, 6.07) is -1.03. The fourth-order valence-corrected chi connectivity index (χ4v) is 3.91. The summed E-state index contributed by atoms with van der Waals surface area (Å²) in [6.07, 6.45) is 12.9. The first-order chi connectivity index (χ1) is 17.0. The van der Waals surface area contributed by atoms with Crippen LogP contribution in [0.4, 0.5) is 0 Å². The molecule has 0 unspecified atom stereocenters. The van der Waals surface area contributed by atoms with Crippen LogP contribution in [0.1, 0.15) is 130 Å². The first-order valence-corrected chi connectivity index (χ1v) is 13.6. The van der Waals surface area contributed by atoms with Crippen molar-refractivity contribution in [3.8, 4) is 0 Å². The van der Waals surface area contributed by atoms with Crippen LogP contribution in [0.2, 0.25) is 0 Å². The number of hydrogen-bond acceptors (Lipinski definition) is 7. The van der Waals surface area contributed by atoms with Gasteiger partial charge in [-0.2, -0.15) is 0 Å². The standard InChI is InChI=1S/C27H46N2O7/c1-5-6-7-8-9-10-11-12-13-14-15-16-22(30)28-21(26(34)35-27(2,3)4)17-20-25(33)36-29-23(31)18-19-24(29)32/h21H,5-20H2,1-4H3,(H,28,30)/t21-/m0/s1. The van der Waals surface area contributed by atoms with E-state index < -0.39 is 35.4 Å². The van der Waals surface area contributed by atoms with Crippen LogP contribution in [0.5, 0.6) is 0 Å². The second-order valence-corrected chi connectivity index (χ2v) is 10.5. The van der Waals surface area contributed by atoms with Crippen molar-refractivity contribution in [1.82, 2.24) is 10.4 Å². The first-order valence-electron chi connectivity index (χ1n) is 13.6. The number of hydrogen-bond donors (Lipinski definition) is 1. The zero-order valence-electron chi connectivity index (χ0n) is 22.7. The van der Waals surface area contributed by atoms with Crippen molar-refractivity contribution < 1.29 is 33.5 Å².